The van der Waals surface area contributed by atoms with E-state index >= 15 is 0 Å². The lowest BCUT2D eigenvalue weighted by Crippen LogP contribution is -2.36. The van der Waals surface area contributed by atoms with Crippen LogP contribution < -0.4 is 4.90 Å². The Bertz CT molecular complexity index is 1010. The molecule has 1 saturated heterocycles. The molecule has 0 atom stereocenters. The van der Waals surface area contributed by atoms with Crippen LogP contribution in [0.15, 0.2) is 51.6 Å². The van der Waals surface area contributed by atoms with Crippen LogP contribution in [0, 0.1) is 10.1 Å². The zero-order valence-corrected chi connectivity index (χ0v) is 15.3. The fraction of sp³-hybridized carbons (Fsp3) is 0.263. The smallest absolute Gasteiger partial charge is 0.338 e. The normalized spacial score (nSPS) is 14.0. The second-order valence-electron chi connectivity index (χ2n) is 6.30. The highest BCUT2D eigenvalue weighted by Gasteiger charge is 2.24. The molecular formula is C19H17N3O7. The number of rotatable bonds is 6. The number of carbonyl (C=O) groups is 1. The van der Waals surface area contributed by atoms with E-state index in [0.717, 1.165) is 0 Å². The van der Waals surface area contributed by atoms with Crippen LogP contribution in [0.25, 0.3) is 11.5 Å². The average Bonchev–Trinajstić information content (AvgIpc) is 3.44. The summed E-state index contributed by atoms with van der Waals surface area (Å²) in [6.07, 6.45) is 1.50. The number of anilines is 1. The summed E-state index contributed by atoms with van der Waals surface area (Å²) in [7, 11) is 0. The number of nitro benzene ring substituents is 1. The van der Waals surface area contributed by atoms with Crippen molar-refractivity contribution in [3.8, 4) is 11.5 Å². The van der Waals surface area contributed by atoms with E-state index in [1.807, 2.05) is 4.90 Å². The summed E-state index contributed by atoms with van der Waals surface area (Å²) in [4.78, 5) is 25.2. The number of carbonyl (C=O) groups excluding carboxylic acids is 1. The number of hydrogen-bond acceptors (Lipinski definition) is 9. The van der Waals surface area contributed by atoms with Gasteiger partial charge in [0.25, 0.3) is 5.69 Å². The van der Waals surface area contributed by atoms with E-state index < -0.39 is 10.9 Å². The molecule has 0 radical (unpaired) electrons. The highest BCUT2D eigenvalue weighted by atomic mass is 16.6. The third-order valence-corrected chi connectivity index (χ3v) is 4.43. The Morgan fingerprint density at radius 2 is 2.03 bits per heavy atom. The minimum Gasteiger partial charge on any atom is -0.461 e. The van der Waals surface area contributed by atoms with Gasteiger partial charge >= 0.3 is 5.97 Å². The van der Waals surface area contributed by atoms with Crippen molar-refractivity contribution in [2.75, 3.05) is 31.2 Å². The molecule has 10 heteroatoms. The van der Waals surface area contributed by atoms with Crippen LogP contribution in [-0.4, -0.2) is 42.4 Å². The molecular weight excluding hydrogens is 382 g/mol. The molecule has 0 N–H and O–H groups in total. The Labute approximate surface area is 164 Å². The maximum Gasteiger partial charge on any atom is 0.338 e. The molecule has 0 aliphatic carbocycles. The van der Waals surface area contributed by atoms with Crippen LogP contribution in [-0.2, 0) is 16.1 Å². The highest BCUT2D eigenvalue weighted by Crippen LogP contribution is 2.30. The van der Waals surface area contributed by atoms with Gasteiger partial charge in [0.1, 0.15) is 18.0 Å². The number of nitro groups is 1. The number of aromatic nitrogens is 1. The number of benzene rings is 1. The molecule has 10 nitrogen and oxygen atoms in total. The highest BCUT2D eigenvalue weighted by molar-refractivity contribution is 5.91. The van der Waals surface area contributed by atoms with Crippen molar-refractivity contribution in [2.45, 2.75) is 6.61 Å². The van der Waals surface area contributed by atoms with Gasteiger partial charge in [0.05, 0.1) is 30.0 Å². The summed E-state index contributed by atoms with van der Waals surface area (Å²) in [5.41, 5.74) is 0.782. The Morgan fingerprint density at radius 1 is 1.21 bits per heavy atom. The fourth-order valence-corrected chi connectivity index (χ4v) is 3.01. The molecule has 1 aliphatic rings. The SMILES string of the molecule is O=C(OCc1cc(-c2ccco2)on1)c1ccc(N2CCOCC2)c([N+](=O)[O-])c1. The third kappa shape index (κ3) is 4.11. The van der Waals surface area contributed by atoms with Gasteiger partial charge in [-0.2, -0.15) is 0 Å². The van der Waals surface area contributed by atoms with Gasteiger partial charge in [-0.15, -0.1) is 0 Å². The van der Waals surface area contributed by atoms with Gasteiger partial charge in [0, 0.05) is 25.2 Å². The molecule has 1 aliphatic heterocycles. The summed E-state index contributed by atoms with van der Waals surface area (Å²) >= 11 is 0. The van der Waals surface area contributed by atoms with Crippen LogP contribution in [0.3, 0.4) is 0 Å². The van der Waals surface area contributed by atoms with E-state index in [1.54, 1.807) is 24.3 Å². The number of esters is 1. The summed E-state index contributed by atoms with van der Waals surface area (Å²) in [6, 6.07) is 9.32. The maximum atomic E-state index is 12.4. The first-order valence-corrected chi connectivity index (χ1v) is 8.89. The molecule has 2 aromatic heterocycles. The summed E-state index contributed by atoms with van der Waals surface area (Å²) in [5.74, 6) is 0.222. The molecule has 4 rings (SSSR count). The predicted octanol–water partition coefficient (Wildman–Crippen LogP) is 3.04. The van der Waals surface area contributed by atoms with E-state index in [4.69, 9.17) is 18.4 Å². The van der Waals surface area contributed by atoms with Crippen molar-refractivity contribution in [1.29, 1.82) is 0 Å². The molecule has 3 aromatic rings. The first-order valence-electron chi connectivity index (χ1n) is 8.89. The number of ether oxygens (including phenoxy) is 2. The first-order chi connectivity index (χ1) is 14.1. The van der Waals surface area contributed by atoms with Crippen LogP contribution in [0.2, 0.25) is 0 Å². The molecule has 29 heavy (non-hydrogen) atoms. The van der Waals surface area contributed by atoms with Crippen LogP contribution in [0.4, 0.5) is 11.4 Å². The van der Waals surface area contributed by atoms with E-state index in [2.05, 4.69) is 5.16 Å². The Kier molecular flexibility index (Phi) is 5.25. The van der Waals surface area contributed by atoms with E-state index in [1.165, 1.54) is 18.4 Å². The van der Waals surface area contributed by atoms with Crippen LogP contribution in [0.1, 0.15) is 16.1 Å². The number of morpholine rings is 1. The van der Waals surface area contributed by atoms with Crippen LogP contribution in [0.5, 0.6) is 0 Å². The van der Waals surface area contributed by atoms with Gasteiger partial charge in [0.2, 0.25) is 5.76 Å². The summed E-state index contributed by atoms with van der Waals surface area (Å²) in [5, 5.41) is 15.3. The number of hydrogen-bond donors (Lipinski definition) is 0. The van der Waals surface area contributed by atoms with Crippen molar-refractivity contribution in [3.05, 3.63) is 64.0 Å². The fourth-order valence-electron chi connectivity index (χ4n) is 3.01. The minimum atomic E-state index is -0.691. The van der Waals surface area contributed by atoms with Gasteiger partial charge in [-0.25, -0.2) is 4.79 Å². The van der Waals surface area contributed by atoms with E-state index in [9.17, 15) is 14.9 Å². The van der Waals surface area contributed by atoms with Gasteiger partial charge in [-0.3, -0.25) is 10.1 Å². The van der Waals surface area contributed by atoms with Gasteiger partial charge in [-0.05, 0) is 24.3 Å². The molecule has 0 amide bonds. The lowest BCUT2D eigenvalue weighted by molar-refractivity contribution is -0.384. The van der Waals surface area contributed by atoms with Crippen molar-refractivity contribution in [3.63, 3.8) is 0 Å². The summed E-state index contributed by atoms with van der Waals surface area (Å²) < 4.78 is 20.8. The first kappa shape index (κ1) is 18.7. The molecule has 150 valence electrons. The van der Waals surface area contributed by atoms with Gasteiger partial charge < -0.3 is 23.3 Å². The van der Waals surface area contributed by atoms with Crippen molar-refractivity contribution in [2.24, 2.45) is 0 Å². The van der Waals surface area contributed by atoms with E-state index in [-0.39, 0.29) is 17.9 Å². The molecule has 1 aromatic carbocycles. The molecule has 1 fully saturated rings. The average molecular weight is 399 g/mol. The van der Waals surface area contributed by atoms with Crippen molar-refractivity contribution < 1.29 is 28.1 Å². The quantitative estimate of drug-likeness (QED) is 0.350. The number of nitrogens with zero attached hydrogens (tertiary/aromatic N) is 3. The molecule has 0 unspecified atom stereocenters. The lowest BCUT2D eigenvalue weighted by Gasteiger charge is -2.28. The van der Waals surface area contributed by atoms with Gasteiger partial charge in [0.15, 0.2) is 5.76 Å². The molecule has 0 spiro atoms. The van der Waals surface area contributed by atoms with Crippen molar-refractivity contribution in [1.82, 2.24) is 5.16 Å². The standard InChI is InChI=1S/C19H17N3O7/c23-19(28-12-14-11-18(29-20-14)17-2-1-7-27-17)13-3-4-15(16(10-13)22(24)25)21-5-8-26-9-6-21/h1-4,7,10-11H,5-6,8-9,12H2. The largest absolute Gasteiger partial charge is 0.461 e. The Balaban J connectivity index is 1.45. The molecule has 3 heterocycles. The maximum absolute atomic E-state index is 12.4. The number of furan rings is 1. The minimum absolute atomic E-state index is 0.0865. The molecule has 0 bridgehead atoms. The zero-order valence-electron chi connectivity index (χ0n) is 15.3. The lowest BCUT2D eigenvalue weighted by atomic mass is 10.1. The second kappa shape index (κ2) is 8.15. The monoisotopic (exact) mass is 399 g/mol. The predicted molar refractivity (Wildman–Crippen MR) is 99.5 cm³/mol. The Morgan fingerprint density at radius 3 is 2.76 bits per heavy atom. The third-order valence-electron chi connectivity index (χ3n) is 4.43. The second-order valence-corrected chi connectivity index (χ2v) is 6.30. The van der Waals surface area contributed by atoms with E-state index in [0.29, 0.717) is 49.2 Å². The zero-order chi connectivity index (χ0) is 20.2. The molecule has 0 saturated carbocycles. The topological polar surface area (TPSA) is 121 Å². The van der Waals surface area contributed by atoms with Crippen molar-refractivity contribution >= 4 is 17.3 Å². The summed E-state index contributed by atoms with van der Waals surface area (Å²) in [6.45, 7) is 1.96. The van der Waals surface area contributed by atoms with Gasteiger partial charge in [-0.1, -0.05) is 5.16 Å². The van der Waals surface area contributed by atoms with Crippen LogP contribution >= 0.6 is 0 Å². The Hall–Kier alpha value is -3.66.